The summed E-state index contributed by atoms with van der Waals surface area (Å²) in [5, 5.41) is 12.1. The lowest BCUT2D eigenvalue weighted by molar-refractivity contribution is -0.141. The van der Waals surface area contributed by atoms with Gasteiger partial charge in [-0.1, -0.05) is 6.07 Å². The van der Waals surface area contributed by atoms with Gasteiger partial charge in [-0.25, -0.2) is 4.98 Å². The summed E-state index contributed by atoms with van der Waals surface area (Å²) in [4.78, 5) is 29.8. The highest BCUT2D eigenvalue weighted by Crippen LogP contribution is 2.33. The third-order valence-electron chi connectivity index (χ3n) is 5.62. The van der Waals surface area contributed by atoms with Crippen molar-refractivity contribution in [3.8, 4) is 0 Å². The maximum atomic E-state index is 13.1. The number of nitrogens with two attached hydrogens (primary N) is 1. The first-order chi connectivity index (χ1) is 15.6. The van der Waals surface area contributed by atoms with Gasteiger partial charge in [0.1, 0.15) is 23.1 Å². The van der Waals surface area contributed by atoms with Crippen molar-refractivity contribution in [3.05, 3.63) is 58.6 Å². The molecule has 8 nitrogen and oxygen atoms in total. The number of primary amides is 1. The van der Waals surface area contributed by atoms with Crippen molar-refractivity contribution < 1.29 is 32.3 Å². The molecule has 3 aromatic rings. The summed E-state index contributed by atoms with van der Waals surface area (Å²) >= 11 is 0. The van der Waals surface area contributed by atoms with Crippen LogP contribution in [0.25, 0.3) is 11.0 Å². The Kier molecular flexibility index (Phi) is 5.75. The molecule has 174 valence electrons. The number of hydrogen-bond donors (Lipinski definition) is 3. The van der Waals surface area contributed by atoms with Gasteiger partial charge in [0, 0.05) is 17.6 Å². The normalized spacial score (nSPS) is 14.8. The molecule has 1 atom stereocenters. The van der Waals surface area contributed by atoms with Gasteiger partial charge >= 0.3 is 6.18 Å². The molecule has 33 heavy (non-hydrogen) atoms. The van der Waals surface area contributed by atoms with E-state index >= 15 is 0 Å². The molecule has 0 saturated heterocycles. The number of fused-ring (bicyclic) bond motifs is 2. The van der Waals surface area contributed by atoms with E-state index in [2.05, 4.69) is 10.3 Å². The van der Waals surface area contributed by atoms with Crippen LogP contribution in [0.15, 0.2) is 34.7 Å². The topological polar surface area (TPSA) is 122 Å². The number of nitrogens with one attached hydrogen (secondary N) is 1. The first-order valence-electron chi connectivity index (χ1n) is 10.1. The second kappa shape index (κ2) is 8.39. The Bertz CT molecular complexity index is 1240. The summed E-state index contributed by atoms with van der Waals surface area (Å²) in [5.41, 5.74) is 6.65. The Balaban J connectivity index is 1.66. The molecule has 0 aliphatic carbocycles. The fraction of sp³-hybridized carbons (Fsp3) is 0.318. The number of halogens is 3. The molecule has 11 heteroatoms. The van der Waals surface area contributed by atoms with E-state index in [0.29, 0.717) is 41.1 Å². The zero-order valence-electron chi connectivity index (χ0n) is 17.6. The lowest BCUT2D eigenvalue weighted by Gasteiger charge is -2.30. The molecule has 1 aliphatic heterocycles. The maximum absolute atomic E-state index is 13.1. The third-order valence-corrected chi connectivity index (χ3v) is 5.62. The number of carbonyl (C=O) groups is 2. The molecular weight excluding hydrogens is 441 g/mol. The molecule has 2 amide bonds. The largest absolute Gasteiger partial charge is 0.461 e. The molecule has 0 fully saturated rings. The van der Waals surface area contributed by atoms with Crippen LogP contribution >= 0.6 is 0 Å². The highest BCUT2D eigenvalue weighted by molar-refractivity contribution is 6.09. The smallest absolute Gasteiger partial charge is 0.433 e. The van der Waals surface area contributed by atoms with Crippen LogP contribution in [0.2, 0.25) is 0 Å². The number of amides is 2. The van der Waals surface area contributed by atoms with E-state index in [1.54, 1.807) is 25.1 Å². The van der Waals surface area contributed by atoms with E-state index in [0.717, 1.165) is 11.6 Å². The monoisotopic (exact) mass is 462 g/mol. The quantitative estimate of drug-likeness (QED) is 0.535. The second-order valence-electron chi connectivity index (χ2n) is 7.80. The van der Waals surface area contributed by atoms with Crippen LogP contribution in [-0.2, 0) is 23.9 Å². The van der Waals surface area contributed by atoms with Gasteiger partial charge in [0.2, 0.25) is 5.91 Å². The van der Waals surface area contributed by atoms with Gasteiger partial charge in [0.25, 0.3) is 5.91 Å². The van der Waals surface area contributed by atoms with E-state index in [1.807, 2.05) is 4.90 Å². The van der Waals surface area contributed by atoms with Crippen molar-refractivity contribution in [3.63, 3.8) is 0 Å². The molecule has 0 unspecified atom stereocenters. The van der Waals surface area contributed by atoms with Crippen LogP contribution in [-0.4, -0.2) is 41.1 Å². The van der Waals surface area contributed by atoms with Gasteiger partial charge < -0.3 is 25.5 Å². The zero-order chi connectivity index (χ0) is 23.9. The predicted octanol–water partition coefficient (Wildman–Crippen LogP) is 2.29. The minimum absolute atomic E-state index is 0.178. The number of nitrogens with zero attached hydrogens (tertiary/aromatic N) is 2. The van der Waals surface area contributed by atoms with Gasteiger partial charge in [-0.2, -0.15) is 13.2 Å². The molecule has 0 spiro atoms. The number of carbonyl (C=O) groups excluding carboxylic acids is 2. The fourth-order valence-corrected chi connectivity index (χ4v) is 3.91. The lowest BCUT2D eigenvalue weighted by Crippen LogP contribution is -2.46. The van der Waals surface area contributed by atoms with Crippen LogP contribution in [0, 0.1) is 6.92 Å². The minimum Gasteiger partial charge on any atom is -0.461 e. The van der Waals surface area contributed by atoms with Crippen LogP contribution in [0.5, 0.6) is 0 Å². The molecule has 0 radical (unpaired) electrons. The highest BCUT2D eigenvalue weighted by atomic mass is 19.4. The summed E-state index contributed by atoms with van der Waals surface area (Å²) in [5.74, 6) is -1.21. The first-order valence-corrected chi connectivity index (χ1v) is 10.1. The zero-order valence-corrected chi connectivity index (χ0v) is 17.6. The van der Waals surface area contributed by atoms with Crippen molar-refractivity contribution in [2.24, 2.45) is 5.73 Å². The third kappa shape index (κ3) is 4.36. The SMILES string of the molecule is Cc1oc2ccc(N3CCc4ccc(C(F)(F)F)nc4C3)cc2c1C(=O)N[C@@H](CO)C(N)=O. The summed E-state index contributed by atoms with van der Waals surface area (Å²) in [7, 11) is 0. The molecule has 3 heterocycles. The van der Waals surface area contributed by atoms with E-state index in [9.17, 15) is 27.9 Å². The Morgan fingerprint density at radius 3 is 2.73 bits per heavy atom. The molecule has 2 aromatic heterocycles. The van der Waals surface area contributed by atoms with E-state index < -0.39 is 36.3 Å². The number of benzene rings is 1. The van der Waals surface area contributed by atoms with E-state index in [4.69, 9.17) is 10.2 Å². The number of aliphatic hydroxyl groups excluding tert-OH is 1. The van der Waals surface area contributed by atoms with Gasteiger partial charge in [-0.05, 0) is 43.2 Å². The molecular formula is C22H21F3N4O4. The number of hydrogen-bond acceptors (Lipinski definition) is 6. The van der Waals surface area contributed by atoms with Gasteiger partial charge in [0.05, 0.1) is 24.4 Å². The number of furan rings is 1. The molecule has 1 aromatic carbocycles. The highest BCUT2D eigenvalue weighted by Gasteiger charge is 2.34. The summed E-state index contributed by atoms with van der Waals surface area (Å²) < 4.78 is 44.9. The van der Waals surface area contributed by atoms with Gasteiger partial charge in [0.15, 0.2) is 0 Å². The number of aryl methyl sites for hydroxylation is 1. The second-order valence-corrected chi connectivity index (χ2v) is 7.80. The minimum atomic E-state index is -4.52. The predicted molar refractivity (Wildman–Crippen MR) is 112 cm³/mol. The van der Waals surface area contributed by atoms with Crippen molar-refractivity contribution in [1.29, 1.82) is 0 Å². The average molecular weight is 462 g/mol. The van der Waals surface area contributed by atoms with Crippen molar-refractivity contribution in [2.45, 2.75) is 32.1 Å². The van der Waals surface area contributed by atoms with E-state index in [-0.39, 0.29) is 12.1 Å². The number of pyridine rings is 1. The average Bonchev–Trinajstić information content (AvgIpc) is 3.10. The van der Waals surface area contributed by atoms with E-state index in [1.165, 1.54) is 6.07 Å². The van der Waals surface area contributed by atoms with Crippen molar-refractivity contribution in [2.75, 3.05) is 18.1 Å². The summed E-state index contributed by atoms with van der Waals surface area (Å²) in [6, 6.07) is 6.33. The number of aromatic nitrogens is 1. The number of anilines is 1. The Labute approximate surface area is 186 Å². The van der Waals surface area contributed by atoms with Gasteiger partial charge in [-0.3, -0.25) is 9.59 Å². The first kappa shape index (κ1) is 22.6. The number of aliphatic hydroxyl groups is 1. The van der Waals surface area contributed by atoms with Crippen molar-refractivity contribution in [1.82, 2.24) is 10.3 Å². The molecule has 4 N–H and O–H groups in total. The molecule has 0 bridgehead atoms. The standard InChI is InChI=1S/C22H21F3N4O4/c1-11-19(21(32)28-16(10-30)20(26)31)14-8-13(3-4-17(14)33-11)29-7-6-12-2-5-18(22(23,24)25)27-15(12)9-29/h2-5,8,16,30H,6-7,9-10H2,1H3,(H2,26,31)(H,28,32)/t16-/m0/s1. The lowest BCUT2D eigenvalue weighted by atomic mass is 10.0. The Morgan fingerprint density at radius 1 is 1.30 bits per heavy atom. The number of rotatable bonds is 5. The Hall–Kier alpha value is -3.60. The molecule has 0 saturated carbocycles. The molecule has 4 rings (SSSR count). The number of alkyl halides is 3. The molecule has 1 aliphatic rings. The Morgan fingerprint density at radius 2 is 2.06 bits per heavy atom. The van der Waals surface area contributed by atoms with Crippen LogP contribution < -0.4 is 16.0 Å². The maximum Gasteiger partial charge on any atom is 0.433 e. The summed E-state index contributed by atoms with van der Waals surface area (Å²) in [6.45, 7) is 1.67. The summed E-state index contributed by atoms with van der Waals surface area (Å²) in [6.07, 6.45) is -4.00. The van der Waals surface area contributed by atoms with Crippen LogP contribution in [0.1, 0.15) is 33.1 Å². The van der Waals surface area contributed by atoms with Crippen molar-refractivity contribution >= 4 is 28.5 Å². The van der Waals surface area contributed by atoms with Crippen LogP contribution in [0.3, 0.4) is 0 Å². The fourth-order valence-electron chi connectivity index (χ4n) is 3.91. The van der Waals surface area contributed by atoms with Crippen LogP contribution in [0.4, 0.5) is 18.9 Å². The van der Waals surface area contributed by atoms with Gasteiger partial charge in [-0.15, -0.1) is 0 Å².